The minimum absolute atomic E-state index is 0.112. The number of sulfonamides is 1. The van der Waals surface area contributed by atoms with E-state index in [0.717, 1.165) is 5.56 Å². The number of nitrogens with zero attached hydrogens (tertiary/aromatic N) is 1. The zero-order valence-corrected chi connectivity index (χ0v) is 18.4. The van der Waals surface area contributed by atoms with Crippen molar-refractivity contribution >= 4 is 21.6 Å². The standard InChI is InChI=1S/C24H24N2O5S/c1-2-30-19-12-14-20(15-13-19)32(28,29)26-17-23(31-22-11-7-6-10-21(22)26)24(27)25-16-18-8-4-3-5-9-18/h3-15,23H,2,16-17H2,1H3,(H,25,27)/t23-/m0/s1. The molecule has 166 valence electrons. The number of benzene rings is 3. The summed E-state index contributed by atoms with van der Waals surface area (Å²) in [7, 11) is -3.92. The zero-order chi connectivity index (χ0) is 22.6. The summed E-state index contributed by atoms with van der Waals surface area (Å²) in [5.74, 6) is 0.551. The van der Waals surface area contributed by atoms with Crippen LogP contribution in [0.3, 0.4) is 0 Å². The Hall–Kier alpha value is -3.52. The Morgan fingerprint density at radius 3 is 2.44 bits per heavy atom. The molecule has 1 aliphatic heterocycles. The lowest BCUT2D eigenvalue weighted by Crippen LogP contribution is -2.50. The van der Waals surface area contributed by atoms with Gasteiger partial charge in [0.2, 0.25) is 0 Å². The van der Waals surface area contributed by atoms with Gasteiger partial charge >= 0.3 is 0 Å². The van der Waals surface area contributed by atoms with Gasteiger partial charge in [-0.2, -0.15) is 0 Å². The maximum absolute atomic E-state index is 13.5. The predicted molar refractivity (Wildman–Crippen MR) is 121 cm³/mol. The second-order valence-electron chi connectivity index (χ2n) is 7.22. The van der Waals surface area contributed by atoms with Crippen LogP contribution in [0.15, 0.2) is 83.8 Å². The first-order valence-corrected chi connectivity index (χ1v) is 11.8. The molecule has 0 bridgehead atoms. The van der Waals surface area contributed by atoms with E-state index in [0.29, 0.717) is 30.3 Å². The number of fused-ring (bicyclic) bond motifs is 1. The molecule has 0 aliphatic carbocycles. The molecule has 1 heterocycles. The highest BCUT2D eigenvalue weighted by atomic mass is 32.2. The van der Waals surface area contributed by atoms with Crippen molar-refractivity contribution in [3.8, 4) is 11.5 Å². The molecule has 7 nitrogen and oxygen atoms in total. The number of anilines is 1. The molecule has 0 saturated heterocycles. The van der Waals surface area contributed by atoms with Crippen molar-refractivity contribution in [3.05, 3.63) is 84.4 Å². The average Bonchev–Trinajstić information content (AvgIpc) is 2.83. The zero-order valence-electron chi connectivity index (χ0n) is 17.6. The van der Waals surface area contributed by atoms with Crippen LogP contribution in [0.4, 0.5) is 5.69 Å². The lowest BCUT2D eigenvalue weighted by molar-refractivity contribution is -0.127. The van der Waals surface area contributed by atoms with Crippen molar-refractivity contribution in [2.45, 2.75) is 24.5 Å². The summed E-state index contributed by atoms with van der Waals surface area (Å²) in [5, 5.41) is 2.83. The highest BCUT2D eigenvalue weighted by Crippen LogP contribution is 2.37. The van der Waals surface area contributed by atoms with Crippen LogP contribution in [-0.4, -0.2) is 33.6 Å². The first kappa shape index (κ1) is 21.7. The van der Waals surface area contributed by atoms with Gasteiger partial charge in [0.25, 0.3) is 15.9 Å². The van der Waals surface area contributed by atoms with Crippen LogP contribution in [0.1, 0.15) is 12.5 Å². The summed E-state index contributed by atoms with van der Waals surface area (Å²) in [6.45, 7) is 2.54. The molecule has 0 aromatic heterocycles. The van der Waals surface area contributed by atoms with Gasteiger partial charge in [-0.1, -0.05) is 42.5 Å². The van der Waals surface area contributed by atoms with Gasteiger partial charge in [-0.05, 0) is 48.9 Å². The molecule has 32 heavy (non-hydrogen) atoms. The summed E-state index contributed by atoms with van der Waals surface area (Å²) in [5.41, 5.74) is 1.34. The van der Waals surface area contributed by atoms with Crippen LogP contribution in [-0.2, 0) is 21.4 Å². The van der Waals surface area contributed by atoms with Crippen molar-refractivity contribution in [2.75, 3.05) is 17.5 Å². The van der Waals surface area contributed by atoms with Gasteiger partial charge in [-0.3, -0.25) is 9.10 Å². The van der Waals surface area contributed by atoms with Crippen LogP contribution in [0, 0.1) is 0 Å². The molecule has 0 fully saturated rings. The smallest absolute Gasteiger partial charge is 0.264 e. The van der Waals surface area contributed by atoms with Crippen LogP contribution in [0.25, 0.3) is 0 Å². The number of hydrogen-bond acceptors (Lipinski definition) is 5. The second-order valence-corrected chi connectivity index (χ2v) is 9.08. The van der Waals surface area contributed by atoms with Crippen LogP contribution in [0.5, 0.6) is 11.5 Å². The van der Waals surface area contributed by atoms with Crippen molar-refractivity contribution < 1.29 is 22.7 Å². The Labute approximate surface area is 187 Å². The molecule has 0 radical (unpaired) electrons. The third kappa shape index (κ3) is 4.55. The van der Waals surface area contributed by atoms with E-state index in [1.807, 2.05) is 37.3 Å². The Kier molecular flexibility index (Phi) is 6.32. The fraction of sp³-hybridized carbons (Fsp3) is 0.208. The Bertz CT molecular complexity index is 1180. The molecular weight excluding hydrogens is 428 g/mol. The van der Waals surface area contributed by atoms with Gasteiger partial charge in [0.1, 0.15) is 11.5 Å². The SMILES string of the molecule is CCOc1ccc(S(=O)(=O)N2C[C@@H](C(=O)NCc3ccccc3)Oc3ccccc32)cc1. The van der Waals surface area contributed by atoms with E-state index >= 15 is 0 Å². The molecule has 0 spiro atoms. The maximum Gasteiger partial charge on any atom is 0.264 e. The first-order chi connectivity index (χ1) is 15.5. The van der Waals surface area contributed by atoms with Gasteiger partial charge < -0.3 is 14.8 Å². The van der Waals surface area contributed by atoms with Gasteiger partial charge in [0, 0.05) is 6.54 Å². The summed E-state index contributed by atoms with van der Waals surface area (Å²) < 4.78 is 39.4. The molecule has 3 aromatic rings. The second kappa shape index (κ2) is 9.32. The van der Waals surface area contributed by atoms with Crippen molar-refractivity contribution in [1.29, 1.82) is 0 Å². The van der Waals surface area contributed by atoms with Gasteiger partial charge in [-0.15, -0.1) is 0 Å². The molecular formula is C24H24N2O5S. The molecule has 0 unspecified atom stereocenters. The van der Waals surface area contributed by atoms with E-state index < -0.39 is 16.1 Å². The van der Waals surface area contributed by atoms with Crippen molar-refractivity contribution in [2.24, 2.45) is 0 Å². The maximum atomic E-state index is 13.5. The third-order valence-corrected chi connectivity index (χ3v) is 6.85. The fourth-order valence-electron chi connectivity index (χ4n) is 3.47. The molecule has 1 atom stereocenters. The molecule has 8 heteroatoms. The number of amides is 1. The lowest BCUT2D eigenvalue weighted by Gasteiger charge is -2.34. The lowest BCUT2D eigenvalue weighted by atomic mass is 10.2. The van der Waals surface area contributed by atoms with E-state index in [4.69, 9.17) is 9.47 Å². The minimum Gasteiger partial charge on any atom is -0.494 e. The minimum atomic E-state index is -3.92. The quantitative estimate of drug-likeness (QED) is 0.594. The number of para-hydroxylation sites is 2. The predicted octanol–water partition coefficient (Wildman–Crippen LogP) is 3.36. The Morgan fingerprint density at radius 2 is 1.72 bits per heavy atom. The van der Waals surface area contributed by atoms with Crippen LogP contribution < -0.4 is 19.1 Å². The molecule has 4 rings (SSSR count). The number of rotatable bonds is 7. The Balaban J connectivity index is 1.58. The van der Waals surface area contributed by atoms with Crippen molar-refractivity contribution in [3.63, 3.8) is 0 Å². The summed E-state index contributed by atoms with van der Waals surface area (Å²) in [6, 6.07) is 22.5. The van der Waals surface area contributed by atoms with Crippen LogP contribution >= 0.6 is 0 Å². The normalized spacial score (nSPS) is 15.4. The van der Waals surface area contributed by atoms with Gasteiger partial charge in [0.15, 0.2) is 6.10 Å². The number of nitrogens with one attached hydrogen (secondary N) is 1. The monoisotopic (exact) mass is 452 g/mol. The molecule has 1 amide bonds. The van der Waals surface area contributed by atoms with Gasteiger partial charge in [0.05, 0.1) is 23.7 Å². The molecule has 3 aromatic carbocycles. The van der Waals surface area contributed by atoms with Crippen LogP contribution in [0.2, 0.25) is 0 Å². The number of carbonyl (C=O) groups is 1. The largest absolute Gasteiger partial charge is 0.494 e. The molecule has 0 saturated carbocycles. The molecule has 1 aliphatic rings. The average molecular weight is 453 g/mol. The first-order valence-electron chi connectivity index (χ1n) is 10.3. The molecule has 1 N–H and O–H groups in total. The number of ether oxygens (including phenoxy) is 2. The van der Waals surface area contributed by atoms with E-state index in [1.165, 1.54) is 16.4 Å². The third-order valence-electron chi connectivity index (χ3n) is 5.06. The summed E-state index contributed by atoms with van der Waals surface area (Å²) in [6.07, 6.45) is -0.980. The summed E-state index contributed by atoms with van der Waals surface area (Å²) in [4.78, 5) is 12.9. The highest BCUT2D eigenvalue weighted by Gasteiger charge is 2.37. The van der Waals surface area contributed by atoms with Gasteiger partial charge in [-0.25, -0.2) is 8.42 Å². The van der Waals surface area contributed by atoms with E-state index in [9.17, 15) is 13.2 Å². The Morgan fingerprint density at radius 1 is 1.03 bits per heavy atom. The topological polar surface area (TPSA) is 84.9 Å². The number of hydrogen-bond donors (Lipinski definition) is 1. The fourth-order valence-corrected chi connectivity index (χ4v) is 4.94. The number of carbonyl (C=O) groups excluding carboxylic acids is 1. The van der Waals surface area contributed by atoms with E-state index in [1.54, 1.807) is 36.4 Å². The highest BCUT2D eigenvalue weighted by molar-refractivity contribution is 7.92. The van der Waals surface area contributed by atoms with Crippen molar-refractivity contribution in [1.82, 2.24) is 5.32 Å². The van der Waals surface area contributed by atoms with E-state index in [2.05, 4.69) is 5.32 Å². The van der Waals surface area contributed by atoms with E-state index in [-0.39, 0.29) is 17.3 Å². The summed E-state index contributed by atoms with van der Waals surface area (Å²) >= 11 is 0.